The van der Waals surface area contributed by atoms with Crippen LogP contribution in [-0.4, -0.2) is 50.6 Å². The van der Waals surface area contributed by atoms with Gasteiger partial charge in [0.25, 0.3) is 0 Å². The molecule has 2 rings (SSSR count). The fraction of sp³-hybridized carbons (Fsp3) is 0.882. The van der Waals surface area contributed by atoms with E-state index in [1.165, 1.54) is 0 Å². The molecule has 4 atom stereocenters. The van der Waals surface area contributed by atoms with Gasteiger partial charge < -0.3 is 18.9 Å². The van der Waals surface area contributed by atoms with Gasteiger partial charge in [0.15, 0.2) is 0 Å². The lowest BCUT2D eigenvalue weighted by Gasteiger charge is -2.27. The van der Waals surface area contributed by atoms with Crippen LogP contribution in [0.15, 0.2) is 0 Å². The second-order valence-corrected chi connectivity index (χ2v) is 6.69. The topological polar surface area (TPSA) is 71.1 Å². The molecule has 0 radical (unpaired) electrons. The SMILES string of the molecule is CC1CC(COC(=O)CC(=O)OCC2CCOC(C)C2)CCO1. The maximum atomic E-state index is 11.7. The third-order valence-electron chi connectivity index (χ3n) is 4.44. The first-order valence-electron chi connectivity index (χ1n) is 8.57. The van der Waals surface area contributed by atoms with Crippen molar-refractivity contribution in [3.05, 3.63) is 0 Å². The van der Waals surface area contributed by atoms with Gasteiger partial charge in [-0.05, 0) is 51.4 Å². The Morgan fingerprint density at radius 2 is 1.30 bits per heavy atom. The molecule has 4 unspecified atom stereocenters. The monoisotopic (exact) mass is 328 g/mol. The number of carbonyl (C=O) groups is 2. The third kappa shape index (κ3) is 6.87. The summed E-state index contributed by atoms with van der Waals surface area (Å²) in [4.78, 5) is 23.4. The summed E-state index contributed by atoms with van der Waals surface area (Å²) in [6.45, 7) is 6.16. The Labute approximate surface area is 137 Å². The van der Waals surface area contributed by atoms with Crippen LogP contribution in [0.4, 0.5) is 0 Å². The Morgan fingerprint density at radius 1 is 0.870 bits per heavy atom. The van der Waals surface area contributed by atoms with Gasteiger partial charge in [-0.25, -0.2) is 0 Å². The summed E-state index contributed by atoms with van der Waals surface area (Å²) >= 11 is 0. The highest BCUT2D eigenvalue weighted by Gasteiger charge is 2.23. The van der Waals surface area contributed by atoms with Gasteiger partial charge in [0.05, 0.1) is 25.4 Å². The van der Waals surface area contributed by atoms with Gasteiger partial charge in [0, 0.05) is 13.2 Å². The molecule has 0 aliphatic carbocycles. The number of carbonyl (C=O) groups excluding carboxylic acids is 2. The Balaban J connectivity index is 1.58. The summed E-state index contributed by atoms with van der Waals surface area (Å²) in [7, 11) is 0. The normalized spacial score (nSPS) is 31.4. The van der Waals surface area contributed by atoms with Crippen LogP contribution in [0.25, 0.3) is 0 Å². The second-order valence-electron chi connectivity index (χ2n) is 6.69. The molecule has 0 N–H and O–H groups in total. The zero-order valence-corrected chi connectivity index (χ0v) is 14.1. The average molecular weight is 328 g/mol. The fourth-order valence-corrected chi connectivity index (χ4v) is 3.13. The summed E-state index contributed by atoms with van der Waals surface area (Å²) in [6.07, 6.45) is 3.67. The van der Waals surface area contributed by atoms with E-state index in [0.29, 0.717) is 38.3 Å². The molecule has 6 nitrogen and oxygen atoms in total. The Kier molecular flexibility index (Phi) is 7.30. The van der Waals surface area contributed by atoms with Crippen LogP contribution in [-0.2, 0) is 28.5 Å². The second kappa shape index (κ2) is 9.23. The molecule has 0 aromatic carbocycles. The molecule has 2 saturated heterocycles. The highest BCUT2D eigenvalue weighted by molar-refractivity contribution is 5.91. The molecule has 23 heavy (non-hydrogen) atoms. The lowest BCUT2D eigenvalue weighted by molar-refractivity contribution is -0.157. The van der Waals surface area contributed by atoms with Crippen molar-refractivity contribution in [2.24, 2.45) is 11.8 Å². The van der Waals surface area contributed by atoms with Crippen molar-refractivity contribution in [3.63, 3.8) is 0 Å². The highest BCUT2D eigenvalue weighted by Crippen LogP contribution is 2.21. The third-order valence-corrected chi connectivity index (χ3v) is 4.44. The van der Waals surface area contributed by atoms with E-state index >= 15 is 0 Å². The van der Waals surface area contributed by atoms with E-state index in [-0.39, 0.29) is 18.6 Å². The van der Waals surface area contributed by atoms with Crippen LogP contribution < -0.4 is 0 Å². The van der Waals surface area contributed by atoms with Crippen molar-refractivity contribution >= 4 is 11.9 Å². The van der Waals surface area contributed by atoms with Crippen molar-refractivity contribution in [3.8, 4) is 0 Å². The van der Waals surface area contributed by atoms with Crippen molar-refractivity contribution in [2.45, 2.75) is 58.2 Å². The van der Waals surface area contributed by atoms with Crippen molar-refractivity contribution in [2.75, 3.05) is 26.4 Å². The summed E-state index contributed by atoms with van der Waals surface area (Å²) in [6, 6.07) is 0. The Bertz CT molecular complexity index is 361. The van der Waals surface area contributed by atoms with Crippen LogP contribution in [0.2, 0.25) is 0 Å². The minimum Gasteiger partial charge on any atom is -0.465 e. The van der Waals surface area contributed by atoms with Crippen LogP contribution in [0.5, 0.6) is 0 Å². The van der Waals surface area contributed by atoms with Gasteiger partial charge in [0.1, 0.15) is 6.42 Å². The molecule has 0 aromatic heterocycles. The van der Waals surface area contributed by atoms with E-state index in [0.717, 1.165) is 25.7 Å². The van der Waals surface area contributed by atoms with E-state index in [1.54, 1.807) is 0 Å². The predicted octanol–water partition coefficient (Wildman–Crippen LogP) is 2.09. The first-order chi connectivity index (χ1) is 11.0. The minimum absolute atomic E-state index is 0.208. The zero-order valence-electron chi connectivity index (χ0n) is 14.1. The summed E-state index contributed by atoms with van der Waals surface area (Å²) in [5, 5.41) is 0. The lowest BCUT2D eigenvalue weighted by Crippen LogP contribution is -2.28. The van der Waals surface area contributed by atoms with E-state index in [9.17, 15) is 9.59 Å². The van der Waals surface area contributed by atoms with Crippen LogP contribution >= 0.6 is 0 Å². The van der Waals surface area contributed by atoms with E-state index < -0.39 is 11.9 Å². The molecule has 132 valence electrons. The standard InChI is InChI=1S/C17H28O6/c1-12-7-14(3-5-20-12)10-22-16(18)9-17(19)23-11-15-4-6-21-13(2)8-15/h12-15H,3-11H2,1-2H3. The molecule has 0 aromatic rings. The molecule has 2 aliphatic rings. The van der Waals surface area contributed by atoms with Gasteiger partial charge in [-0.3, -0.25) is 9.59 Å². The number of ether oxygens (including phenoxy) is 4. The molecule has 6 heteroatoms. The summed E-state index contributed by atoms with van der Waals surface area (Å²) in [5.41, 5.74) is 0. The van der Waals surface area contributed by atoms with Crippen molar-refractivity contribution < 1.29 is 28.5 Å². The van der Waals surface area contributed by atoms with E-state index in [1.807, 2.05) is 13.8 Å². The minimum atomic E-state index is -0.505. The molecular formula is C17H28O6. The molecule has 2 aliphatic heterocycles. The van der Waals surface area contributed by atoms with Crippen molar-refractivity contribution in [1.29, 1.82) is 0 Å². The molecule has 0 spiro atoms. The summed E-state index contributed by atoms with van der Waals surface area (Å²) in [5.74, 6) is -0.367. The molecule has 2 fully saturated rings. The quantitative estimate of drug-likeness (QED) is 0.549. The lowest BCUT2D eigenvalue weighted by atomic mass is 9.97. The smallest absolute Gasteiger partial charge is 0.317 e. The number of esters is 2. The van der Waals surface area contributed by atoms with Gasteiger partial charge in [-0.15, -0.1) is 0 Å². The largest absolute Gasteiger partial charge is 0.465 e. The molecule has 0 saturated carbocycles. The Morgan fingerprint density at radius 3 is 1.70 bits per heavy atom. The predicted molar refractivity (Wildman–Crippen MR) is 82.8 cm³/mol. The highest BCUT2D eigenvalue weighted by atomic mass is 16.6. The summed E-state index contributed by atoms with van der Waals surface area (Å²) < 4.78 is 21.3. The zero-order chi connectivity index (χ0) is 16.7. The number of hydrogen-bond donors (Lipinski definition) is 0. The average Bonchev–Trinajstić information content (AvgIpc) is 2.51. The maximum Gasteiger partial charge on any atom is 0.317 e. The van der Waals surface area contributed by atoms with Gasteiger partial charge in [-0.1, -0.05) is 0 Å². The first-order valence-corrected chi connectivity index (χ1v) is 8.57. The van der Waals surface area contributed by atoms with E-state index in [4.69, 9.17) is 18.9 Å². The van der Waals surface area contributed by atoms with Gasteiger partial charge >= 0.3 is 11.9 Å². The van der Waals surface area contributed by atoms with Crippen molar-refractivity contribution in [1.82, 2.24) is 0 Å². The molecular weight excluding hydrogens is 300 g/mol. The molecule has 2 heterocycles. The molecule has 0 amide bonds. The Hall–Kier alpha value is -1.14. The van der Waals surface area contributed by atoms with E-state index in [2.05, 4.69) is 0 Å². The maximum absolute atomic E-state index is 11.7. The number of hydrogen-bond acceptors (Lipinski definition) is 6. The van der Waals surface area contributed by atoms with Crippen LogP contribution in [0, 0.1) is 11.8 Å². The fourth-order valence-electron chi connectivity index (χ4n) is 3.13. The van der Waals surface area contributed by atoms with Crippen LogP contribution in [0.3, 0.4) is 0 Å². The van der Waals surface area contributed by atoms with Gasteiger partial charge in [-0.2, -0.15) is 0 Å². The molecule has 0 bridgehead atoms. The van der Waals surface area contributed by atoms with Gasteiger partial charge in [0.2, 0.25) is 0 Å². The first kappa shape index (κ1) is 18.2. The number of rotatable bonds is 6. The van der Waals surface area contributed by atoms with Crippen LogP contribution in [0.1, 0.15) is 46.0 Å².